The highest BCUT2D eigenvalue weighted by atomic mass is 16.2. The van der Waals surface area contributed by atoms with E-state index >= 15 is 0 Å². The molecule has 6 heteroatoms. The molecular formula is C27H35N3O3. The van der Waals surface area contributed by atoms with Crippen molar-refractivity contribution in [1.29, 1.82) is 0 Å². The number of piperidine rings is 1. The van der Waals surface area contributed by atoms with Crippen molar-refractivity contribution in [3.8, 4) is 0 Å². The monoisotopic (exact) mass is 449 g/mol. The molecule has 2 unspecified atom stereocenters. The van der Waals surface area contributed by atoms with Gasteiger partial charge in [-0.3, -0.25) is 14.4 Å². The number of hydrogen-bond donors (Lipinski definition) is 2. The molecule has 0 radical (unpaired) electrons. The number of amides is 3. The Bertz CT molecular complexity index is 961. The molecule has 0 saturated carbocycles. The molecule has 33 heavy (non-hydrogen) atoms. The molecule has 3 amide bonds. The van der Waals surface area contributed by atoms with E-state index in [-0.39, 0.29) is 29.7 Å². The van der Waals surface area contributed by atoms with Crippen molar-refractivity contribution in [3.05, 3.63) is 70.8 Å². The zero-order chi connectivity index (χ0) is 24.0. The summed E-state index contributed by atoms with van der Waals surface area (Å²) in [6.07, 6.45) is 2.13. The molecule has 2 N–H and O–H groups in total. The van der Waals surface area contributed by atoms with Crippen molar-refractivity contribution in [2.75, 3.05) is 13.1 Å². The smallest absolute Gasteiger partial charge is 0.253 e. The zero-order valence-corrected chi connectivity index (χ0v) is 20.1. The van der Waals surface area contributed by atoms with Crippen LogP contribution in [0.25, 0.3) is 0 Å². The number of benzene rings is 2. The lowest BCUT2D eigenvalue weighted by Crippen LogP contribution is -2.55. The number of likely N-dealkylation sites (tertiary alicyclic amines) is 1. The van der Waals surface area contributed by atoms with Crippen LogP contribution in [0.4, 0.5) is 0 Å². The van der Waals surface area contributed by atoms with Crippen molar-refractivity contribution in [3.63, 3.8) is 0 Å². The van der Waals surface area contributed by atoms with Gasteiger partial charge >= 0.3 is 0 Å². The van der Waals surface area contributed by atoms with E-state index in [1.807, 2.05) is 69.0 Å². The summed E-state index contributed by atoms with van der Waals surface area (Å²) in [5, 5.41) is 6.00. The summed E-state index contributed by atoms with van der Waals surface area (Å²) in [4.78, 5) is 40.7. The van der Waals surface area contributed by atoms with E-state index in [1.54, 1.807) is 12.1 Å². The van der Waals surface area contributed by atoms with Crippen molar-refractivity contribution in [1.82, 2.24) is 15.5 Å². The molecule has 0 aromatic heterocycles. The minimum Gasteiger partial charge on any atom is -0.352 e. The van der Waals surface area contributed by atoms with Crippen LogP contribution in [-0.2, 0) is 4.79 Å². The molecule has 1 heterocycles. The SMILES string of the molecule is CCC(C)NC(=O)C(NC(=O)c1ccc(C)cc1)C1CCN(C(=O)c2ccc(C)cc2)CC1. The van der Waals surface area contributed by atoms with E-state index in [2.05, 4.69) is 10.6 Å². The fourth-order valence-corrected chi connectivity index (χ4v) is 4.08. The third-order valence-electron chi connectivity index (χ3n) is 6.48. The van der Waals surface area contributed by atoms with Gasteiger partial charge < -0.3 is 15.5 Å². The van der Waals surface area contributed by atoms with Crippen LogP contribution in [0, 0.1) is 19.8 Å². The summed E-state index contributed by atoms with van der Waals surface area (Å²) in [7, 11) is 0. The lowest BCUT2D eigenvalue weighted by Gasteiger charge is -2.36. The van der Waals surface area contributed by atoms with E-state index in [0.29, 0.717) is 37.1 Å². The number of carbonyl (C=O) groups excluding carboxylic acids is 3. The van der Waals surface area contributed by atoms with Crippen LogP contribution < -0.4 is 10.6 Å². The number of nitrogens with zero attached hydrogens (tertiary/aromatic N) is 1. The second-order valence-corrected chi connectivity index (χ2v) is 9.13. The molecule has 1 aliphatic rings. The molecule has 3 rings (SSSR count). The first-order valence-electron chi connectivity index (χ1n) is 11.8. The average molecular weight is 450 g/mol. The fraction of sp³-hybridized carbons (Fsp3) is 0.444. The van der Waals surface area contributed by atoms with Gasteiger partial charge in [0.2, 0.25) is 5.91 Å². The molecule has 176 valence electrons. The fourth-order valence-electron chi connectivity index (χ4n) is 4.08. The molecular weight excluding hydrogens is 414 g/mol. The van der Waals surface area contributed by atoms with Gasteiger partial charge in [-0.05, 0) is 70.2 Å². The zero-order valence-electron chi connectivity index (χ0n) is 20.1. The summed E-state index contributed by atoms with van der Waals surface area (Å²) in [6.45, 7) is 9.06. The van der Waals surface area contributed by atoms with Crippen LogP contribution in [0.5, 0.6) is 0 Å². The lowest BCUT2D eigenvalue weighted by molar-refractivity contribution is -0.125. The predicted octanol–water partition coefficient (Wildman–Crippen LogP) is 3.87. The van der Waals surface area contributed by atoms with Gasteiger partial charge in [0, 0.05) is 30.3 Å². The van der Waals surface area contributed by atoms with Gasteiger partial charge in [-0.15, -0.1) is 0 Å². The van der Waals surface area contributed by atoms with Crippen LogP contribution in [0.2, 0.25) is 0 Å². The Hall–Kier alpha value is -3.15. The first-order chi connectivity index (χ1) is 15.8. The highest BCUT2D eigenvalue weighted by Gasteiger charge is 2.34. The molecule has 2 aromatic rings. The molecule has 1 saturated heterocycles. The van der Waals surface area contributed by atoms with Gasteiger partial charge in [-0.1, -0.05) is 42.3 Å². The Morgan fingerprint density at radius 2 is 1.39 bits per heavy atom. The van der Waals surface area contributed by atoms with Crippen LogP contribution in [-0.4, -0.2) is 47.8 Å². The molecule has 0 bridgehead atoms. The van der Waals surface area contributed by atoms with Crippen molar-refractivity contribution >= 4 is 17.7 Å². The normalized spacial score (nSPS) is 16.1. The molecule has 2 aromatic carbocycles. The molecule has 6 nitrogen and oxygen atoms in total. The highest BCUT2D eigenvalue weighted by molar-refractivity contribution is 5.98. The van der Waals surface area contributed by atoms with Gasteiger partial charge in [0.15, 0.2) is 0 Å². The third-order valence-corrected chi connectivity index (χ3v) is 6.48. The van der Waals surface area contributed by atoms with E-state index in [1.165, 1.54) is 0 Å². The number of carbonyl (C=O) groups is 3. The summed E-state index contributed by atoms with van der Waals surface area (Å²) in [5.41, 5.74) is 3.40. The number of nitrogens with one attached hydrogen (secondary N) is 2. The molecule has 0 aliphatic carbocycles. The molecule has 1 fully saturated rings. The van der Waals surface area contributed by atoms with Crippen molar-refractivity contribution in [2.24, 2.45) is 5.92 Å². The van der Waals surface area contributed by atoms with E-state index in [4.69, 9.17) is 0 Å². The largest absolute Gasteiger partial charge is 0.352 e. The Kier molecular flexibility index (Phi) is 8.26. The number of rotatable bonds is 7. The van der Waals surface area contributed by atoms with Gasteiger partial charge in [0.1, 0.15) is 6.04 Å². The molecule has 0 spiro atoms. The summed E-state index contributed by atoms with van der Waals surface area (Å²) in [6, 6.07) is 14.3. The topological polar surface area (TPSA) is 78.5 Å². The van der Waals surface area contributed by atoms with Gasteiger partial charge in [-0.25, -0.2) is 0 Å². The van der Waals surface area contributed by atoms with Crippen LogP contribution in [0.1, 0.15) is 65.0 Å². The van der Waals surface area contributed by atoms with Crippen LogP contribution in [0.15, 0.2) is 48.5 Å². The van der Waals surface area contributed by atoms with Gasteiger partial charge in [0.05, 0.1) is 0 Å². The van der Waals surface area contributed by atoms with Crippen molar-refractivity contribution in [2.45, 2.75) is 59.0 Å². The van der Waals surface area contributed by atoms with E-state index in [9.17, 15) is 14.4 Å². The second kappa shape index (κ2) is 11.1. The summed E-state index contributed by atoms with van der Waals surface area (Å²) in [5.74, 6) is -0.436. The molecule has 1 aliphatic heterocycles. The first-order valence-corrected chi connectivity index (χ1v) is 11.8. The van der Waals surface area contributed by atoms with Gasteiger partial charge in [0.25, 0.3) is 11.8 Å². The number of hydrogen-bond acceptors (Lipinski definition) is 3. The standard InChI is InChI=1S/C27H35N3O3/c1-5-20(4)28-26(32)24(29-25(31)22-10-6-18(2)7-11-22)21-14-16-30(17-15-21)27(33)23-12-8-19(3)9-13-23/h6-13,20-21,24H,5,14-17H2,1-4H3,(H,28,32)(H,29,31). The lowest BCUT2D eigenvalue weighted by atomic mass is 9.88. The second-order valence-electron chi connectivity index (χ2n) is 9.13. The minimum absolute atomic E-state index is 0.0118. The van der Waals surface area contributed by atoms with Crippen molar-refractivity contribution < 1.29 is 14.4 Å². The average Bonchev–Trinajstić information content (AvgIpc) is 2.82. The Morgan fingerprint density at radius 1 is 0.879 bits per heavy atom. The van der Waals surface area contributed by atoms with Crippen LogP contribution in [0.3, 0.4) is 0 Å². The Balaban J connectivity index is 1.69. The van der Waals surface area contributed by atoms with Crippen LogP contribution >= 0.6 is 0 Å². The van der Waals surface area contributed by atoms with E-state index in [0.717, 1.165) is 17.5 Å². The minimum atomic E-state index is -0.635. The summed E-state index contributed by atoms with van der Waals surface area (Å²) < 4.78 is 0. The maximum atomic E-state index is 13.1. The van der Waals surface area contributed by atoms with Gasteiger partial charge in [-0.2, -0.15) is 0 Å². The van der Waals surface area contributed by atoms with E-state index < -0.39 is 6.04 Å². The molecule has 2 atom stereocenters. The number of aryl methyl sites for hydroxylation is 2. The summed E-state index contributed by atoms with van der Waals surface area (Å²) >= 11 is 0. The Labute approximate surface area is 196 Å². The predicted molar refractivity (Wildman–Crippen MR) is 130 cm³/mol. The first kappa shape index (κ1) is 24.5. The maximum Gasteiger partial charge on any atom is 0.253 e. The third kappa shape index (κ3) is 6.44. The maximum absolute atomic E-state index is 13.1. The Morgan fingerprint density at radius 3 is 1.91 bits per heavy atom. The highest BCUT2D eigenvalue weighted by Crippen LogP contribution is 2.23. The quantitative estimate of drug-likeness (QED) is 0.674.